The maximum absolute atomic E-state index is 12.1. The molecule has 2 rings (SSSR count). The van der Waals surface area contributed by atoms with Gasteiger partial charge in [0.25, 0.3) is 0 Å². The first-order chi connectivity index (χ1) is 8.93. The highest BCUT2D eigenvalue weighted by Crippen LogP contribution is 2.24. The molecule has 1 aliphatic heterocycles. The number of carbonyl (C=O) groups is 1. The molecule has 0 aliphatic carbocycles. The maximum atomic E-state index is 12.1. The molecule has 19 heavy (non-hydrogen) atoms. The zero-order chi connectivity index (χ0) is 14.0. The Hall–Kier alpha value is -1.36. The molecular weight excluding hydrogens is 262 g/mol. The second-order valence-corrected chi connectivity index (χ2v) is 7.28. The van der Waals surface area contributed by atoms with Crippen LogP contribution >= 0.6 is 0 Å². The molecule has 1 aromatic rings. The molecular formula is C14H19NO3S. The predicted molar refractivity (Wildman–Crippen MR) is 75.9 cm³/mol. The van der Waals surface area contributed by atoms with Gasteiger partial charge < -0.3 is 5.32 Å². The summed E-state index contributed by atoms with van der Waals surface area (Å²) in [6, 6.07) is 5.89. The minimum absolute atomic E-state index is 0.0217. The van der Waals surface area contributed by atoms with Crippen LogP contribution in [0.25, 0.3) is 0 Å². The van der Waals surface area contributed by atoms with Gasteiger partial charge in [0.15, 0.2) is 9.84 Å². The standard InChI is InChI=1S/C14H19NO3S/c1-3-11-6-4-5-10(2)13(11)15-14(16)12-7-8-19(17,18)9-12/h4-6,12H,3,7-9H2,1-2H3,(H,15,16). The van der Waals surface area contributed by atoms with Crippen molar-refractivity contribution in [1.82, 2.24) is 0 Å². The lowest BCUT2D eigenvalue weighted by molar-refractivity contribution is -0.119. The van der Waals surface area contributed by atoms with Gasteiger partial charge in [0.05, 0.1) is 17.4 Å². The summed E-state index contributed by atoms with van der Waals surface area (Å²) in [4.78, 5) is 12.1. The van der Waals surface area contributed by atoms with E-state index in [-0.39, 0.29) is 17.4 Å². The normalized spacial score (nSPS) is 21.3. The topological polar surface area (TPSA) is 63.2 Å². The van der Waals surface area contributed by atoms with Crippen LogP contribution in [-0.2, 0) is 21.1 Å². The largest absolute Gasteiger partial charge is 0.325 e. The number of para-hydroxylation sites is 1. The van der Waals surface area contributed by atoms with Crippen LogP contribution in [0.2, 0.25) is 0 Å². The molecule has 1 aromatic carbocycles. The van der Waals surface area contributed by atoms with Crippen molar-refractivity contribution in [2.24, 2.45) is 5.92 Å². The van der Waals surface area contributed by atoms with E-state index in [1.807, 2.05) is 32.0 Å². The molecule has 1 aliphatic rings. The molecule has 1 saturated heterocycles. The van der Waals surface area contributed by atoms with Gasteiger partial charge in [0.2, 0.25) is 5.91 Å². The van der Waals surface area contributed by atoms with Crippen LogP contribution in [0, 0.1) is 12.8 Å². The summed E-state index contributed by atoms with van der Waals surface area (Å²) in [6.45, 7) is 3.98. The lowest BCUT2D eigenvalue weighted by Crippen LogP contribution is -2.24. The van der Waals surface area contributed by atoms with E-state index in [0.29, 0.717) is 6.42 Å². The maximum Gasteiger partial charge on any atom is 0.228 e. The van der Waals surface area contributed by atoms with Gasteiger partial charge in [-0.2, -0.15) is 0 Å². The third-order valence-corrected chi connectivity index (χ3v) is 5.36. The number of hydrogen-bond acceptors (Lipinski definition) is 3. The van der Waals surface area contributed by atoms with Crippen molar-refractivity contribution < 1.29 is 13.2 Å². The third-order valence-electron chi connectivity index (χ3n) is 3.59. The van der Waals surface area contributed by atoms with Crippen molar-refractivity contribution >= 4 is 21.4 Å². The fourth-order valence-electron chi connectivity index (χ4n) is 2.43. The molecule has 5 heteroatoms. The first-order valence-corrected chi connectivity index (χ1v) is 8.35. The molecule has 1 heterocycles. The smallest absolute Gasteiger partial charge is 0.228 e. The summed E-state index contributed by atoms with van der Waals surface area (Å²) < 4.78 is 22.8. The minimum Gasteiger partial charge on any atom is -0.325 e. The number of benzene rings is 1. The van der Waals surface area contributed by atoms with E-state index in [2.05, 4.69) is 5.32 Å². The molecule has 0 aromatic heterocycles. The summed E-state index contributed by atoms with van der Waals surface area (Å²) in [6.07, 6.45) is 1.27. The van der Waals surface area contributed by atoms with Crippen molar-refractivity contribution in [1.29, 1.82) is 0 Å². The number of hydrogen-bond donors (Lipinski definition) is 1. The van der Waals surface area contributed by atoms with Crippen LogP contribution in [-0.4, -0.2) is 25.8 Å². The van der Waals surface area contributed by atoms with Gasteiger partial charge in [-0.05, 0) is 30.9 Å². The molecule has 1 unspecified atom stereocenters. The van der Waals surface area contributed by atoms with Crippen molar-refractivity contribution in [3.63, 3.8) is 0 Å². The molecule has 0 saturated carbocycles. The van der Waals surface area contributed by atoms with Gasteiger partial charge >= 0.3 is 0 Å². The van der Waals surface area contributed by atoms with Crippen molar-refractivity contribution in [3.8, 4) is 0 Å². The molecule has 0 bridgehead atoms. The van der Waals surface area contributed by atoms with Crippen LogP contribution in [0.4, 0.5) is 5.69 Å². The Morgan fingerprint density at radius 2 is 2.16 bits per heavy atom. The van der Waals surface area contributed by atoms with Gasteiger partial charge in [0, 0.05) is 5.69 Å². The van der Waals surface area contributed by atoms with E-state index < -0.39 is 15.8 Å². The Kier molecular flexibility index (Phi) is 3.94. The number of nitrogens with one attached hydrogen (secondary N) is 1. The van der Waals surface area contributed by atoms with Crippen LogP contribution in [0.5, 0.6) is 0 Å². The Morgan fingerprint density at radius 1 is 1.42 bits per heavy atom. The highest BCUT2D eigenvalue weighted by atomic mass is 32.2. The van der Waals surface area contributed by atoms with E-state index in [9.17, 15) is 13.2 Å². The zero-order valence-corrected chi connectivity index (χ0v) is 12.1. The lowest BCUT2D eigenvalue weighted by atomic mass is 10.0. The van der Waals surface area contributed by atoms with E-state index in [1.165, 1.54) is 0 Å². The molecule has 1 fully saturated rings. The molecule has 1 atom stereocenters. The van der Waals surface area contributed by atoms with Gasteiger partial charge in [0.1, 0.15) is 0 Å². The first-order valence-electron chi connectivity index (χ1n) is 6.52. The molecule has 4 nitrogen and oxygen atoms in total. The first kappa shape index (κ1) is 14.1. The summed E-state index contributed by atoms with van der Waals surface area (Å²) >= 11 is 0. The molecule has 0 spiro atoms. The number of amides is 1. The fourth-order valence-corrected chi connectivity index (χ4v) is 4.17. The number of carbonyl (C=O) groups excluding carboxylic acids is 1. The summed E-state index contributed by atoms with van der Waals surface area (Å²) in [5.41, 5.74) is 2.92. The average molecular weight is 281 g/mol. The summed E-state index contributed by atoms with van der Waals surface area (Å²) in [5.74, 6) is -0.481. The minimum atomic E-state index is -3.02. The van der Waals surface area contributed by atoms with Crippen LogP contribution in [0.15, 0.2) is 18.2 Å². The quantitative estimate of drug-likeness (QED) is 0.920. The zero-order valence-electron chi connectivity index (χ0n) is 11.3. The second-order valence-electron chi connectivity index (χ2n) is 5.05. The summed E-state index contributed by atoms with van der Waals surface area (Å²) in [7, 11) is -3.02. The number of aryl methyl sites for hydroxylation is 2. The van der Waals surface area contributed by atoms with E-state index >= 15 is 0 Å². The van der Waals surface area contributed by atoms with Crippen molar-refractivity contribution in [3.05, 3.63) is 29.3 Å². The molecule has 1 N–H and O–H groups in total. The van der Waals surface area contributed by atoms with Crippen LogP contribution < -0.4 is 5.32 Å². The Labute approximate surface area is 114 Å². The Bertz CT molecular complexity index is 593. The Balaban J connectivity index is 2.16. The van der Waals surface area contributed by atoms with Gasteiger partial charge in [-0.15, -0.1) is 0 Å². The van der Waals surface area contributed by atoms with Crippen LogP contribution in [0.1, 0.15) is 24.5 Å². The Morgan fingerprint density at radius 3 is 2.74 bits per heavy atom. The number of rotatable bonds is 3. The summed E-state index contributed by atoms with van der Waals surface area (Å²) in [5, 5.41) is 2.91. The van der Waals surface area contributed by atoms with E-state index in [1.54, 1.807) is 0 Å². The monoisotopic (exact) mass is 281 g/mol. The average Bonchev–Trinajstić information content (AvgIpc) is 2.72. The molecule has 0 radical (unpaired) electrons. The second kappa shape index (κ2) is 5.33. The number of sulfone groups is 1. The lowest BCUT2D eigenvalue weighted by Gasteiger charge is -2.15. The van der Waals surface area contributed by atoms with Crippen molar-refractivity contribution in [2.45, 2.75) is 26.7 Å². The van der Waals surface area contributed by atoms with Crippen LogP contribution in [0.3, 0.4) is 0 Å². The van der Waals surface area contributed by atoms with Gasteiger partial charge in [-0.1, -0.05) is 25.1 Å². The number of anilines is 1. The molecule has 1 amide bonds. The van der Waals surface area contributed by atoms with Crippen molar-refractivity contribution in [2.75, 3.05) is 16.8 Å². The van der Waals surface area contributed by atoms with E-state index in [0.717, 1.165) is 23.2 Å². The van der Waals surface area contributed by atoms with Gasteiger partial charge in [-0.3, -0.25) is 4.79 Å². The predicted octanol–water partition coefficient (Wildman–Crippen LogP) is 1.93. The fraction of sp³-hybridized carbons (Fsp3) is 0.500. The highest BCUT2D eigenvalue weighted by Gasteiger charge is 2.33. The SMILES string of the molecule is CCc1cccc(C)c1NC(=O)C1CCS(=O)(=O)C1. The third kappa shape index (κ3) is 3.15. The molecule has 104 valence electrons. The van der Waals surface area contributed by atoms with E-state index in [4.69, 9.17) is 0 Å². The highest BCUT2D eigenvalue weighted by molar-refractivity contribution is 7.91. The van der Waals surface area contributed by atoms with Gasteiger partial charge in [-0.25, -0.2) is 8.42 Å².